The summed E-state index contributed by atoms with van der Waals surface area (Å²) in [5, 5.41) is 5.96. The van der Waals surface area contributed by atoms with E-state index in [-0.39, 0.29) is 11.5 Å². The van der Waals surface area contributed by atoms with Crippen LogP contribution in [0, 0.1) is 0 Å². The minimum Gasteiger partial charge on any atom is -0.375 e. The van der Waals surface area contributed by atoms with Gasteiger partial charge in [-0.05, 0) is 27.2 Å². The molecule has 96 valence electrons. The molecule has 0 aromatic carbocycles. The fourth-order valence-corrected chi connectivity index (χ4v) is 1.39. The number of unbranched alkanes of at least 4 members (excludes halogenated alkanes) is 1. The van der Waals surface area contributed by atoms with Crippen LogP contribution in [0.4, 0.5) is 0 Å². The Labute approximate surface area is 99.1 Å². The zero-order chi connectivity index (χ0) is 12.4. The molecule has 0 aliphatic carbocycles. The van der Waals surface area contributed by atoms with Gasteiger partial charge in [-0.3, -0.25) is 4.79 Å². The van der Waals surface area contributed by atoms with Crippen molar-refractivity contribution in [3.63, 3.8) is 0 Å². The Hall–Kier alpha value is -0.610. The molecule has 0 unspecified atom stereocenters. The van der Waals surface area contributed by atoms with Gasteiger partial charge in [0.2, 0.25) is 5.91 Å². The van der Waals surface area contributed by atoms with E-state index >= 15 is 0 Å². The molecule has 16 heavy (non-hydrogen) atoms. The molecule has 0 aliphatic heterocycles. The molecule has 0 saturated carbocycles. The monoisotopic (exact) mass is 230 g/mol. The van der Waals surface area contributed by atoms with E-state index < -0.39 is 0 Å². The molecule has 0 aromatic heterocycles. The molecule has 0 aliphatic rings. The van der Waals surface area contributed by atoms with E-state index in [2.05, 4.69) is 17.6 Å². The van der Waals surface area contributed by atoms with Crippen molar-refractivity contribution in [2.24, 2.45) is 0 Å². The van der Waals surface area contributed by atoms with Crippen molar-refractivity contribution in [3.05, 3.63) is 0 Å². The highest BCUT2D eigenvalue weighted by molar-refractivity contribution is 5.77. The lowest BCUT2D eigenvalue weighted by atomic mass is 10.1. The van der Waals surface area contributed by atoms with Gasteiger partial charge in [-0.25, -0.2) is 0 Å². The van der Waals surface area contributed by atoms with Crippen molar-refractivity contribution in [1.82, 2.24) is 10.6 Å². The second kappa shape index (κ2) is 8.53. The second-order valence-corrected chi connectivity index (χ2v) is 4.50. The Morgan fingerprint density at radius 1 is 1.31 bits per heavy atom. The van der Waals surface area contributed by atoms with Crippen molar-refractivity contribution < 1.29 is 9.53 Å². The van der Waals surface area contributed by atoms with E-state index in [0.717, 1.165) is 19.4 Å². The number of ether oxygens (including phenoxy) is 1. The average molecular weight is 230 g/mol. The van der Waals surface area contributed by atoms with Gasteiger partial charge in [-0.2, -0.15) is 0 Å². The van der Waals surface area contributed by atoms with Gasteiger partial charge in [0.25, 0.3) is 0 Å². The Balaban J connectivity index is 3.53. The molecule has 0 aromatic rings. The molecule has 0 saturated heterocycles. The third kappa shape index (κ3) is 8.68. The largest absolute Gasteiger partial charge is 0.375 e. The number of nitrogens with one attached hydrogen (secondary N) is 2. The van der Waals surface area contributed by atoms with Crippen molar-refractivity contribution in [3.8, 4) is 0 Å². The van der Waals surface area contributed by atoms with Crippen LogP contribution in [0.1, 0.15) is 40.5 Å². The van der Waals surface area contributed by atoms with Crippen LogP contribution in [0.2, 0.25) is 0 Å². The predicted octanol–water partition coefficient (Wildman–Crippen LogP) is 1.31. The average Bonchev–Trinajstić information content (AvgIpc) is 2.17. The van der Waals surface area contributed by atoms with Crippen LogP contribution in [0.15, 0.2) is 0 Å². The van der Waals surface area contributed by atoms with Gasteiger partial charge in [0, 0.05) is 19.7 Å². The summed E-state index contributed by atoms with van der Waals surface area (Å²) in [6, 6.07) is 0. The van der Waals surface area contributed by atoms with Crippen molar-refractivity contribution in [2.45, 2.75) is 46.1 Å². The van der Waals surface area contributed by atoms with Gasteiger partial charge in [0.05, 0.1) is 12.1 Å². The van der Waals surface area contributed by atoms with E-state index in [1.54, 1.807) is 0 Å². The minimum atomic E-state index is -0.210. The number of rotatable bonds is 9. The summed E-state index contributed by atoms with van der Waals surface area (Å²) in [7, 11) is 0. The van der Waals surface area contributed by atoms with Gasteiger partial charge in [0.15, 0.2) is 0 Å². The fourth-order valence-electron chi connectivity index (χ4n) is 1.39. The molecule has 0 radical (unpaired) electrons. The Morgan fingerprint density at radius 3 is 2.56 bits per heavy atom. The third-order valence-corrected chi connectivity index (χ3v) is 2.22. The molecule has 0 rings (SSSR count). The van der Waals surface area contributed by atoms with Crippen LogP contribution in [0.3, 0.4) is 0 Å². The number of hydrogen-bond acceptors (Lipinski definition) is 3. The summed E-state index contributed by atoms with van der Waals surface area (Å²) in [5.74, 6) is 0.0562. The Kier molecular flexibility index (Phi) is 8.21. The molecule has 0 fully saturated rings. The maximum Gasteiger partial charge on any atom is 0.233 e. The molecular formula is C12H26N2O2. The maximum atomic E-state index is 11.3. The number of carbonyl (C=O) groups excluding carboxylic acids is 1. The third-order valence-electron chi connectivity index (χ3n) is 2.22. The zero-order valence-corrected chi connectivity index (χ0v) is 11.1. The lowest BCUT2D eigenvalue weighted by Crippen LogP contribution is -2.42. The van der Waals surface area contributed by atoms with Gasteiger partial charge in [-0.1, -0.05) is 13.3 Å². The van der Waals surface area contributed by atoms with Gasteiger partial charge in [0.1, 0.15) is 0 Å². The summed E-state index contributed by atoms with van der Waals surface area (Å²) < 4.78 is 5.52. The zero-order valence-electron chi connectivity index (χ0n) is 11.1. The standard InChI is InChI=1S/C12H26N2O2/c1-5-7-8-14-11(15)9-13-10-12(3,4)16-6-2/h13H,5-10H2,1-4H3,(H,14,15). The molecule has 0 spiro atoms. The molecule has 0 bridgehead atoms. The van der Waals surface area contributed by atoms with Gasteiger partial charge in [-0.15, -0.1) is 0 Å². The van der Waals surface area contributed by atoms with Crippen molar-refractivity contribution >= 4 is 5.91 Å². The number of hydrogen-bond donors (Lipinski definition) is 2. The summed E-state index contributed by atoms with van der Waals surface area (Å²) in [4.78, 5) is 11.3. The Morgan fingerprint density at radius 2 is 2.00 bits per heavy atom. The quantitative estimate of drug-likeness (QED) is 0.587. The molecule has 0 heterocycles. The van der Waals surface area contributed by atoms with E-state index in [1.807, 2.05) is 20.8 Å². The van der Waals surface area contributed by atoms with Crippen LogP contribution in [0.5, 0.6) is 0 Å². The van der Waals surface area contributed by atoms with Crippen molar-refractivity contribution in [2.75, 3.05) is 26.2 Å². The maximum absolute atomic E-state index is 11.3. The molecule has 4 heteroatoms. The smallest absolute Gasteiger partial charge is 0.233 e. The van der Waals surface area contributed by atoms with Crippen LogP contribution in [-0.2, 0) is 9.53 Å². The van der Waals surface area contributed by atoms with Crippen LogP contribution in [-0.4, -0.2) is 37.7 Å². The van der Waals surface area contributed by atoms with Crippen LogP contribution in [0.25, 0.3) is 0 Å². The molecule has 4 nitrogen and oxygen atoms in total. The highest BCUT2D eigenvalue weighted by Crippen LogP contribution is 2.06. The SMILES string of the molecule is CCCCNC(=O)CNCC(C)(C)OCC. The van der Waals surface area contributed by atoms with Crippen LogP contribution >= 0.6 is 0 Å². The van der Waals surface area contributed by atoms with Crippen LogP contribution < -0.4 is 10.6 Å². The summed E-state index contributed by atoms with van der Waals surface area (Å²) in [6.07, 6.45) is 2.14. The minimum absolute atomic E-state index is 0.0562. The van der Waals surface area contributed by atoms with E-state index in [4.69, 9.17) is 4.74 Å². The highest BCUT2D eigenvalue weighted by Gasteiger charge is 2.16. The topological polar surface area (TPSA) is 50.4 Å². The summed E-state index contributed by atoms with van der Waals surface area (Å²) in [5.41, 5.74) is -0.210. The molecule has 2 N–H and O–H groups in total. The lowest BCUT2D eigenvalue weighted by Gasteiger charge is -2.24. The second-order valence-electron chi connectivity index (χ2n) is 4.50. The first kappa shape index (κ1) is 15.4. The van der Waals surface area contributed by atoms with E-state index in [0.29, 0.717) is 19.7 Å². The molecular weight excluding hydrogens is 204 g/mol. The summed E-state index contributed by atoms with van der Waals surface area (Å²) in [6.45, 7) is 10.6. The van der Waals surface area contributed by atoms with Gasteiger partial charge >= 0.3 is 0 Å². The number of amides is 1. The van der Waals surface area contributed by atoms with Crippen molar-refractivity contribution in [1.29, 1.82) is 0 Å². The van der Waals surface area contributed by atoms with Gasteiger partial charge < -0.3 is 15.4 Å². The molecule has 1 amide bonds. The Bertz CT molecular complexity index is 193. The first-order valence-corrected chi connectivity index (χ1v) is 6.13. The normalized spacial score (nSPS) is 11.5. The van der Waals surface area contributed by atoms with E-state index in [9.17, 15) is 4.79 Å². The van der Waals surface area contributed by atoms with E-state index in [1.165, 1.54) is 0 Å². The highest BCUT2D eigenvalue weighted by atomic mass is 16.5. The molecule has 0 atom stereocenters. The fraction of sp³-hybridized carbons (Fsp3) is 0.917. The first-order chi connectivity index (χ1) is 7.52. The summed E-state index contributed by atoms with van der Waals surface area (Å²) >= 11 is 0. The lowest BCUT2D eigenvalue weighted by molar-refractivity contribution is -0.120. The first-order valence-electron chi connectivity index (χ1n) is 6.13. The predicted molar refractivity (Wildman–Crippen MR) is 66.5 cm³/mol. The number of carbonyl (C=O) groups is 1.